The Morgan fingerprint density at radius 1 is 1.21 bits per heavy atom. The van der Waals surface area contributed by atoms with E-state index >= 15 is 0 Å². The van der Waals surface area contributed by atoms with Crippen LogP contribution in [0.2, 0.25) is 0 Å². The minimum absolute atomic E-state index is 0.102. The largest absolute Gasteiger partial charge is 0.493 e. The molecule has 6 heteroatoms. The van der Waals surface area contributed by atoms with Crippen LogP contribution in [0.15, 0.2) is 17.0 Å². The normalized spacial score (nSPS) is 12.8. The maximum absolute atomic E-state index is 12.3. The van der Waals surface area contributed by atoms with Crippen LogP contribution in [0.4, 0.5) is 5.69 Å². The van der Waals surface area contributed by atoms with Crippen LogP contribution in [0.5, 0.6) is 5.75 Å². The zero-order chi connectivity index (χ0) is 15.0. The molecule has 0 spiro atoms. The number of methoxy groups -OCH3 is 1. The monoisotopic (exact) mass is 286 g/mol. The standard InChI is InChI=1S/C13H22N2O3S/c1-13(2,3)9-7-10(14)12(18-6)11(8-9)19(16,17)15(4)5/h7-8H,14H2,1-6H3. The van der Waals surface area contributed by atoms with Crippen molar-refractivity contribution in [3.05, 3.63) is 17.7 Å². The van der Waals surface area contributed by atoms with Gasteiger partial charge in [-0.2, -0.15) is 0 Å². The van der Waals surface area contributed by atoms with Gasteiger partial charge in [0.25, 0.3) is 0 Å². The summed E-state index contributed by atoms with van der Waals surface area (Å²) in [6.45, 7) is 6.00. The van der Waals surface area contributed by atoms with Gasteiger partial charge in [0.15, 0.2) is 5.75 Å². The quantitative estimate of drug-likeness (QED) is 0.860. The molecule has 0 unspecified atom stereocenters. The molecule has 1 aromatic carbocycles. The lowest BCUT2D eigenvalue weighted by Crippen LogP contribution is -2.24. The first-order valence-electron chi connectivity index (χ1n) is 5.92. The van der Waals surface area contributed by atoms with Gasteiger partial charge >= 0.3 is 0 Å². The van der Waals surface area contributed by atoms with E-state index in [2.05, 4.69) is 0 Å². The van der Waals surface area contributed by atoms with Crippen LogP contribution in [0.25, 0.3) is 0 Å². The van der Waals surface area contributed by atoms with Crippen LogP contribution >= 0.6 is 0 Å². The maximum Gasteiger partial charge on any atom is 0.246 e. The molecule has 108 valence electrons. The third-order valence-corrected chi connectivity index (χ3v) is 4.73. The van der Waals surface area contributed by atoms with Crippen molar-refractivity contribution in [2.75, 3.05) is 26.9 Å². The first kappa shape index (κ1) is 15.8. The zero-order valence-corrected chi connectivity index (χ0v) is 13.1. The lowest BCUT2D eigenvalue weighted by molar-refractivity contribution is 0.401. The molecule has 0 heterocycles. The van der Waals surface area contributed by atoms with Gasteiger partial charge in [-0.1, -0.05) is 20.8 Å². The van der Waals surface area contributed by atoms with E-state index < -0.39 is 10.0 Å². The Balaban J connectivity index is 3.67. The number of sulfonamides is 1. The smallest absolute Gasteiger partial charge is 0.246 e. The summed E-state index contributed by atoms with van der Waals surface area (Å²) >= 11 is 0. The van der Waals surface area contributed by atoms with Crippen molar-refractivity contribution in [2.45, 2.75) is 31.1 Å². The molecule has 1 aromatic rings. The Kier molecular flexibility index (Phi) is 4.17. The van der Waals surface area contributed by atoms with E-state index in [-0.39, 0.29) is 16.1 Å². The van der Waals surface area contributed by atoms with Crippen molar-refractivity contribution in [1.29, 1.82) is 0 Å². The van der Waals surface area contributed by atoms with E-state index in [4.69, 9.17) is 10.5 Å². The lowest BCUT2D eigenvalue weighted by Gasteiger charge is -2.23. The minimum atomic E-state index is -3.60. The van der Waals surface area contributed by atoms with Crippen LogP contribution in [0.1, 0.15) is 26.3 Å². The molecule has 0 aromatic heterocycles. The number of rotatable bonds is 3. The molecular formula is C13H22N2O3S. The van der Waals surface area contributed by atoms with E-state index in [1.165, 1.54) is 21.2 Å². The number of ether oxygens (including phenoxy) is 1. The first-order valence-corrected chi connectivity index (χ1v) is 7.36. The van der Waals surface area contributed by atoms with Crippen LogP contribution in [0, 0.1) is 0 Å². The van der Waals surface area contributed by atoms with E-state index in [1.54, 1.807) is 12.1 Å². The fourth-order valence-electron chi connectivity index (χ4n) is 1.66. The third kappa shape index (κ3) is 3.01. The number of benzene rings is 1. The van der Waals surface area contributed by atoms with Crippen molar-refractivity contribution in [3.63, 3.8) is 0 Å². The van der Waals surface area contributed by atoms with Gasteiger partial charge in [0.05, 0.1) is 12.8 Å². The van der Waals surface area contributed by atoms with Gasteiger partial charge < -0.3 is 10.5 Å². The summed E-state index contributed by atoms with van der Waals surface area (Å²) in [7, 11) is 0.779. The van der Waals surface area contributed by atoms with Gasteiger partial charge in [0, 0.05) is 14.1 Å². The first-order chi connectivity index (χ1) is 8.51. The van der Waals surface area contributed by atoms with Crippen LogP contribution < -0.4 is 10.5 Å². The number of hydrogen-bond donors (Lipinski definition) is 1. The molecule has 0 amide bonds. The van der Waals surface area contributed by atoms with E-state index in [1.807, 2.05) is 20.8 Å². The Labute approximate surface area is 115 Å². The SMILES string of the molecule is COc1c(N)cc(C(C)(C)C)cc1S(=O)(=O)N(C)C. The highest BCUT2D eigenvalue weighted by Gasteiger charge is 2.27. The van der Waals surface area contributed by atoms with Gasteiger partial charge in [-0.15, -0.1) is 0 Å². The highest BCUT2D eigenvalue weighted by atomic mass is 32.2. The fourth-order valence-corrected chi connectivity index (χ4v) is 2.77. The number of nitrogens with two attached hydrogens (primary N) is 1. The second kappa shape index (κ2) is 5.02. The Morgan fingerprint density at radius 2 is 1.74 bits per heavy atom. The van der Waals surface area contributed by atoms with Crippen molar-refractivity contribution in [1.82, 2.24) is 4.31 Å². The van der Waals surface area contributed by atoms with Crippen molar-refractivity contribution in [3.8, 4) is 5.75 Å². The zero-order valence-electron chi connectivity index (χ0n) is 12.3. The Morgan fingerprint density at radius 3 is 2.11 bits per heavy atom. The molecule has 0 fully saturated rings. The number of hydrogen-bond acceptors (Lipinski definition) is 4. The topological polar surface area (TPSA) is 72.6 Å². The third-order valence-electron chi connectivity index (χ3n) is 2.91. The molecule has 0 saturated heterocycles. The van der Waals surface area contributed by atoms with Crippen LogP contribution in [-0.4, -0.2) is 33.9 Å². The summed E-state index contributed by atoms with van der Waals surface area (Å²) in [6.07, 6.45) is 0. The molecule has 19 heavy (non-hydrogen) atoms. The predicted molar refractivity (Wildman–Crippen MR) is 77.0 cm³/mol. The van der Waals surface area contributed by atoms with Crippen molar-refractivity contribution >= 4 is 15.7 Å². The molecule has 0 aliphatic rings. The summed E-state index contributed by atoms with van der Waals surface area (Å²) in [5.74, 6) is 0.196. The summed E-state index contributed by atoms with van der Waals surface area (Å²) in [6, 6.07) is 3.39. The Hall–Kier alpha value is -1.27. The highest BCUT2D eigenvalue weighted by molar-refractivity contribution is 7.89. The van der Waals surface area contributed by atoms with Gasteiger partial charge in [-0.3, -0.25) is 0 Å². The molecule has 0 aliphatic carbocycles. The molecule has 1 rings (SSSR count). The lowest BCUT2D eigenvalue weighted by atomic mass is 9.87. The summed E-state index contributed by atoms with van der Waals surface area (Å²) < 4.78 is 31.0. The number of nitrogen functional groups attached to an aromatic ring is 1. The van der Waals surface area contributed by atoms with Crippen LogP contribution in [-0.2, 0) is 15.4 Å². The van der Waals surface area contributed by atoms with E-state index in [9.17, 15) is 8.42 Å². The fraction of sp³-hybridized carbons (Fsp3) is 0.538. The van der Waals surface area contributed by atoms with Gasteiger partial charge in [0.2, 0.25) is 10.0 Å². The minimum Gasteiger partial charge on any atom is -0.493 e. The highest BCUT2D eigenvalue weighted by Crippen LogP contribution is 2.36. The predicted octanol–water partition coefficient (Wildman–Crippen LogP) is 1.83. The maximum atomic E-state index is 12.3. The number of anilines is 1. The second-order valence-electron chi connectivity index (χ2n) is 5.63. The van der Waals surface area contributed by atoms with E-state index in [0.717, 1.165) is 9.87 Å². The number of nitrogens with zero attached hydrogens (tertiary/aromatic N) is 1. The second-order valence-corrected chi connectivity index (χ2v) is 7.75. The van der Waals surface area contributed by atoms with Crippen molar-refractivity contribution < 1.29 is 13.2 Å². The van der Waals surface area contributed by atoms with Gasteiger partial charge in [-0.05, 0) is 23.1 Å². The van der Waals surface area contributed by atoms with Gasteiger partial charge in [0.1, 0.15) is 4.90 Å². The van der Waals surface area contributed by atoms with E-state index in [0.29, 0.717) is 5.69 Å². The summed E-state index contributed by atoms with van der Waals surface area (Å²) in [5.41, 5.74) is 6.90. The summed E-state index contributed by atoms with van der Waals surface area (Å²) in [4.78, 5) is 0.102. The average molecular weight is 286 g/mol. The molecule has 2 N–H and O–H groups in total. The molecule has 0 atom stereocenters. The average Bonchev–Trinajstić information content (AvgIpc) is 2.26. The summed E-state index contributed by atoms with van der Waals surface area (Å²) in [5, 5.41) is 0. The molecule has 0 saturated carbocycles. The van der Waals surface area contributed by atoms with Gasteiger partial charge in [-0.25, -0.2) is 12.7 Å². The molecule has 0 radical (unpaired) electrons. The molecule has 0 aliphatic heterocycles. The molecule has 0 bridgehead atoms. The van der Waals surface area contributed by atoms with Crippen molar-refractivity contribution in [2.24, 2.45) is 0 Å². The Bertz CT molecular complexity index is 572. The molecular weight excluding hydrogens is 264 g/mol. The van der Waals surface area contributed by atoms with Crippen LogP contribution in [0.3, 0.4) is 0 Å². The molecule has 5 nitrogen and oxygen atoms in total.